The van der Waals surface area contributed by atoms with Crippen LogP contribution in [0, 0.1) is 0 Å². The number of amides is 6. The number of halogens is 1. The Morgan fingerprint density at radius 1 is 0.410 bits per heavy atom. The highest BCUT2D eigenvalue weighted by atomic mass is 79.9. The normalized spacial score (nSPS) is 11.3. The summed E-state index contributed by atoms with van der Waals surface area (Å²) < 4.78 is 21.3. The van der Waals surface area contributed by atoms with Crippen molar-refractivity contribution in [3.63, 3.8) is 0 Å². The first-order valence-corrected chi connectivity index (χ1v) is 22.5. The summed E-state index contributed by atoms with van der Waals surface area (Å²) in [5.74, 6) is -3.53. The van der Waals surface area contributed by atoms with Gasteiger partial charge in [0.1, 0.15) is 19.3 Å². The molecule has 0 saturated heterocycles. The van der Waals surface area contributed by atoms with Gasteiger partial charge in [0.15, 0.2) is 0 Å². The summed E-state index contributed by atoms with van der Waals surface area (Å²) in [5.41, 5.74) is 0. The van der Waals surface area contributed by atoms with Crippen molar-refractivity contribution < 1.29 is 67.5 Å². The van der Waals surface area contributed by atoms with Crippen molar-refractivity contribution in [1.82, 2.24) is 31.9 Å². The topological polar surface area (TPSA) is 286 Å². The number of carbonyl (C=O) groups is 8. The molecule has 61 heavy (non-hydrogen) atoms. The van der Waals surface area contributed by atoms with Gasteiger partial charge in [-0.1, -0.05) is 54.5 Å². The maximum absolute atomic E-state index is 12.2. The largest absolute Gasteiger partial charge is 0.481 e. The van der Waals surface area contributed by atoms with Crippen LogP contribution in [0.1, 0.15) is 109 Å². The van der Waals surface area contributed by atoms with Gasteiger partial charge in [0, 0.05) is 58.4 Å². The molecular formula is C40H71BrN6O14. The molecule has 0 spiro atoms. The fourth-order valence-corrected chi connectivity index (χ4v) is 5.60. The Morgan fingerprint density at radius 2 is 0.820 bits per heavy atom. The SMILES string of the molecule is O=C(O)CCCCCCCCCCC(=O)NC(CCC(=O)NCCCC(=O)NCCOCCOCC(=O)NCCOCCOCC(=O)NCCCCCNC(=O)CBr)C(=O)O. The minimum absolute atomic E-state index is 0.0468. The van der Waals surface area contributed by atoms with Crippen LogP contribution in [0.2, 0.25) is 0 Å². The number of hydrogen-bond donors (Lipinski definition) is 8. The predicted molar refractivity (Wildman–Crippen MR) is 228 cm³/mol. The second-order valence-corrected chi connectivity index (χ2v) is 14.7. The fourth-order valence-electron chi connectivity index (χ4n) is 5.40. The number of ether oxygens (including phenoxy) is 4. The highest BCUT2D eigenvalue weighted by Gasteiger charge is 2.21. The first-order chi connectivity index (χ1) is 29.4. The van der Waals surface area contributed by atoms with E-state index in [0.717, 1.165) is 57.8 Å². The molecule has 0 rings (SSSR count). The van der Waals surface area contributed by atoms with E-state index < -0.39 is 18.0 Å². The number of carbonyl (C=O) groups excluding carboxylic acids is 6. The molecule has 21 heteroatoms. The van der Waals surface area contributed by atoms with Crippen molar-refractivity contribution in [2.24, 2.45) is 0 Å². The summed E-state index contributed by atoms with van der Waals surface area (Å²) in [5, 5.41) is 34.4. The van der Waals surface area contributed by atoms with E-state index in [0.29, 0.717) is 32.4 Å². The van der Waals surface area contributed by atoms with Crippen LogP contribution in [0.25, 0.3) is 0 Å². The van der Waals surface area contributed by atoms with E-state index in [1.807, 2.05) is 0 Å². The van der Waals surface area contributed by atoms with Gasteiger partial charge in [-0.05, 0) is 44.9 Å². The number of hydrogen-bond acceptors (Lipinski definition) is 12. The third kappa shape index (κ3) is 41.2. The van der Waals surface area contributed by atoms with Gasteiger partial charge in [0.05, 0.1) is 45.0 Å². The quantitative estimate of drug-likeness (QED) is 0.0316. The van der Waals surface area contributed by atoms with Crippen LogP contribution in [-0.2, 0) is 57.3 Å². The minimum Gasteiger partial charge on any atom is -0.481 e. The van der Waals surface area contributed by atoms with Gasteiger partial charge in [0.25, 0.3) is 0 Å². The van der Waals surface area contributed by atoms with Crippen LogP contribution >= 0.6 is 15.9 Å². The lowest BCUT2D eigenvalue weighted by molar-refractivity contribution is -0.142. The molecule has 352 valence electrons. The standard InChI is InChI=1S/C40H71BrN6O14/c41-29-36(51)43-18-10-7-11-19-44-37(52)30-60-27-26-59-24-22-46-38(53)31-61-28-25-58-23-21-45-33(48)14-12-20-42-34(49)17-16-32(40(56)57)47-35(50)13-8-5-3-1-2-4-6-9-15-39(54)55/h32H,1-31H2,(H,42,49)(H,43,51)(H,44,52)(H,45,48)(H,46,53)(H,47,50)(H,54,55)(H,56,57). The van der Waals surface area contributed by atoms with Gasteiger partial charge in [-0.3, -0.25) is 33.6 Å². The van der Waals surface area contributed by atoms with E-state index in [4.69, 9.17) is 24.1 Å². The zero-order valence-electron chi connectivity index (χ0n) is 35.7. The summed E-state index contributed by atoms with van der Waals surface area (Å²) in [6.45, 7) is 3.13. The number of alkyl halides is 1. The molecule has 0 fully saturated rings. The van der Waals surface area contributed by atoms with Gasteiger partial charge in [0.2, 0.25) is 35.4 Å². The van der Waals surface area contributed by atoms with Crippen molar-refractivity contribution in [3.05, 3.63) is 0 Å². The lowest BCUT2D eigenvalue weighted by Gasteiger charge is -2.14. The van der Waals surface area contributed by atoms with E-state index in [-0.39, 0.29) is 145 Å². The van der Waals surface area contributed by atoms with E-state index in [9.17, 15) is 43.5 Å². The molecule has 0 aromatic heterocycles. The average molecular weight is 940 g/mol. The van der Waals surface area contributed by atoms with Gasteiger partial charge >= 0.3 is 11.9 Å². The first-order valence-electron chi connectivity index (χ1n) is 21.4. The van der Waals surface area contributed by atoms with E-state index in [1.54, 1.807) is 0 Å². The molecule has 1 unspecified atom stereocenters. The first kappa shape index (κ1) is 57.1. The van der Waals surface area contributed by atoms with Gasteiger partial charge in [-0.2, -0.15) is 0 Å². The van der Waals surface area contributed by atoms with Crippen molar-refractivity contribution in [2.45, 2.75) is 115 Å². The second kappa shape index (κ2) is 41.4. The highest BCUT2D eigenvalue weighted by Crippen LogP contribution is 2.11. The smallest absolute Gasteiger partial charge is 0.326 e. The van der Waals surface area contributed by atoms with Crippen molar-refractivity contribution in [2.75, 3.05) is 90.9 Å². The summed E-state index contributed by atoms with van der Waals surface area (Å²) in [7, 11) is 0. The number of nitrogens with one attached hydrogen (secondary N) is 6. The molecule has 0 aliphatic rings. The van der Waals surface area contributed by atoms with E-state index >= 15 is 0 Å². The number of aliphatic carboxylic acids is 2. The summed E-state index contributed by atoms with van der Waals surface area (Å²) >= 11 is 3.08. The maximum atomic E-state index is 12.2. The molecule has 0 bridgehead atoms. The van der Waals surface area contributed by atoms with Gasteiger partial charge in [-0.25, -0.2) is 4.79 Å². The lowest BCUT2D eigenvalue weighted by Crippen LogP contribution is -2.41. The molecule has 0 saturated carbocycles. The van der Waals surface area contributed by atoms with Gasteiger partial charge in [-0.15, -0.1) is 0 Å². The third-order valence-electron chi connectivity index (χ3n) is 8.71. The van der Waals surface area contributed by atoms with Crippen molar-refractivity contribution in [1.29, 1.82) is 0 Å². The van der Waals surface area contributed by atoms with Crippen LogP contribution in [0.3, 0.4) is 0 Å². The lowest BCUT2D eigenvalue weighted by atomic mass is 10.1. The van der Waals surface area contributed by atoms with Crippen molar-refractivity contribution in [3.8, 4) is 0 Å². The molecule has 0 aliphatic heterocycles. The molecule has 0 heterocycles. The summed E-state index contributed by atoms with van der Waals surface area (Å²) in [6.07, 6.45) is 10.3. The average Bonchev–Trinajstić information content (AvgIpc) is 3.22. The molecule has 6 amide bonds. The van der Waals surface area contributed by atoms with E-state index in [2.05, 4.69) is 47.8 Å². The van der Waals surface area contributed by atoms with Gasteiger partial charge < -0.3 is 61.1 Å². The van der Waals surface area contributed by atoms with Crippen LogP contribution in [-0.4, -0.2) is 155 Å². The molecular weight excluding hydrogens is 868 g/mol. The van der Waals surface area contributed by atoms with Crippen LogP contribution in [0.15, 0.2) is 0 Å². The number of carboxylic acids is 2. The van der Waals surface area contributed by atoms with E-state index in [1.165, 1.54) is 0 Å². The predicted octanol–water partition coefficient (Wildman–Crippen LogP) is 1.31. The third-order valence-corrected chi connectivity index (χ3v) is 9.22. The zero-order valence-corrected chi connectivity index (χ0v) is 37.3. The Morgan fingerprint density at radius 3 is 1.36 bits per heavy atom. The Hall–Kier alpha value is -3.92. The van der Waals surface area contributed by atoms with Crippen LogP contribution in [0.5, 0.6) is 0 Å². The summed E-state index contributed by atoms with van der Waals surface area (Å²) in [4.78, 5) is 93.4. The Kier molecular flexibility index (Phi) is 38.8. The number of unbranched alkanes of at least 4 members (excludes halogenated alkanes) is 9. The monoisotopic (exact) mass is 938 g/mol. The molecule has 20 nitrogen and oxygen atoms in total. The maximum Gasteiger partial charge on any atom is 0.326 e. The highest BCUT2D eigenvalue weighted by molar-refractivity contribution is 9.09. The number of rotatable bonds is 43. The molecule has 0 radical (unpaired) electrons. The van der Waals surface area contributed by atoms with Crippen molar-refractivity contribution >= 4 is 63.3 Å². The molecule has 0 aliphatic carbocycles. The Labute approximate surface area is 367 Å². The molecule has 0 aromatic rings. The van der Waals surface area contributed by atoms with Crippen LogP contribution < -0.4 is 31.9 Å². The zero-order chi connectivity index (χ0) is 45.2. The Bertz CT molecular complexity index is 1250. The summed E-state index contributed by atoms with van der Waals surface area (Å²) in [6, 6.07) is -1.17. The molecule has 1 atom stereocenters. The van der Waals surface area contributed by atoms with Crippen LogP contribution in [0.4, 0.5) is 0 Å². The number of carboxylic acid groups (broad SMARTS) is 2. The second-order valence-electron chi connectivity index (χ2n) is 14.1. The molecule has 8 N–H and O–H groups in total. The Balaban J connectivity index is 3.65. The fraction of sp³-hybridized carbons (Fsp3) is 0.800. The minimum atomic E-state index is -1.21. The molecule has 0 aromatic carbocycles.